The predicted molar refractivity (Wildman–Crippen MR) is 192 cm³/mol. The van der Waals surface area contributed by atoms with Crippen molar-refractivity contribution in [1.29, 1.82) is 0 Å². The molecule has 4 heteroatoms. The van der Waals surface area contributed by atoms with E-state index >= 15 is 0 Å². The van der Waals surface area contributed by atoms with Crippen LogP contribution >= 0.6 is 0 Å². The molecule has 1 heterocycles. The van der Waals surface area contributed by atoms with E-state index in [1.165, 1.54) is 11.1 Å². The SMILES string of the molecule is CC(C)c1cccc(C(C)C)c1[N-]C(C)(C)c1nn(-c2[c-]cccc2)c2ccccc12.[CH2-]c1ccccc1.[CH2-]c1ccccc1.[Zr+3]. The Hall–Kier alpha value is -4.01. The zero-order chi connectivity index (χ0) is 32.4. The van der Waals surface area contributed by atoms with E-state index in [2.05, 4.69) is 104 Å². The first-order chi connectivity index (χ1) is 21.6. The number of rotatable bonds is 6. The first-order valence-electron chi connectivity index (χ1n) is 15.6. The zero-order valence-corrected chi connectivity index (χ0v) is 30.5. The van der Waals surface area contributed by atoms with Gasteiger partial charge in [-0.05, 0) is 23.6 Å². The van der Waals surface area contributed by atoms with E-state index in [9.17, 15) is 0 Å². The van der Waals surface area contributed by atoms with Crippen LogP contribution in [0.5, 0.6) is 0 Å². The first kappa shape index (κ1) is 36.5. The summed E-state index contributed by atoms with van der Waals surface area (Å²) in [7, 11) is 0. The third-order valence-electron chi connectivity index (χ3n) is 7.51. The average molecular weight is 683 g/mol. The minimum atomic E-state index is -0.492. The van der Waals surface area contributed by atoms with Crippen LogP contribution in [0.4, 0.5) is 5.69 Å². The minimum Gasteiger partial charge on any atom is -0.674 e. The Morgan fingerprint density at radius 3 is 1.61 bits per heavy atom. The van der Waals surface area contributed by atoms with Crippen molar-refractivity contribution >= 4 is 16.6 Å². The van der Waals surface area contributed by atoms with E-state index in [1.54, 1.807) is 0 Å². The number of fused-ring (bicyclic) bond motifs is 1. The van der Waals surface area contributed by atoms with Crippen LogP contribution in [0, 0.1) is 19.9 Å². The monoisotopic (exact) mass is 681 g/mol. The van der Waals surface area contributed by atoms with Gasteiger partial charge >= 0.3 is 26.2 Å². The molecule has 0 aliphatic rings. The van der Waals surface area contributed by atoms with Crippen LogP contribution < -0.4 is 0 Å². The molecule has 0 amide bonds. The van der Waals surface area contributed by atoms with Crippen LogP contribution in [-0.2, 0) is 31.7 Å². The summed E-state index contributed by atoms with van der Waals surface area (Å²) in [5, 5.41) is 11.6. The number of hydrogen-bond acceptors (Lipinski definition) is 1. The fourth-order valence-corrected chi connectivity index (χ4v) is 5.15. The van der Waals surface area contributed by atoms with Crippen molar-refractivity contribution in [2.24, 2.45) is 0 Å². The van der Waals surface area contributed by atoms with Gasteiger partial charge in [0.25, 0.3) is 0 Å². The van der Waals surface area contributed by atoms with Crippen LogP contribution in [0.1, 0.15) is 81.3 Å². The van der Waals surface area contributed by atoms with Gasteiger partial charge in [-0.2, -0.15) is 78.6 Å². The van der Waals surface area contributed by atoms with Crippen molar-refractivity contribution in [2.75, 3.05) is 0 Å². The molecule has 0 N–H and O–H groups in total. The predicted octanol–water partition coefficient (Wildman–Crippen LogP) is 11.7. The number of nitrogens with zero attached hydrogens (tertiary/aromatic N) is 3. The van der Waals surface area contributed by atoms with Crippen LogP contribution in [0.2, 0.25) is 0 Å². The fraction of sp³-hybridized carbons (Fsp3) is 0.214. The minimum absolute atomic E-state index is 0. The largest absolute Gasteiger partial charge is 3.00 e. The molecule has 0 unspecified atom stereocenters. The Labute approximate surface area is 296 Å². The van der Waals surface area contributed by atoms with Gasteiger partial charge in [-0.15, -0.1) is 36.0 Å². The molecular weight excluding hydrogens is 638 g/mol. The second-order valence-corrected chi connectivity index (χ2v) is 12.3. The van der Waals surface area contributed by atoms with E-state index in [0.29, 0.717) is 11.8 Å². The molecule has 5 aromatic carbocycles. The molecule has 0 bridgehead atoms. The molecule has 1 aromatic heterocycles. The third kappa shape index (κ3) is 9.50. The molecule has 0 fully saturated rings. The summed E-state index contributed by atoms with van der Waals surface area (Å²) >= 11 is 0. The van der Waals surface area contributed by atoms with E-state index < -0.39 is 5.54 Å². The summed E-state index contributed by atoms with van der Waals surface area (Å²) in [4.78, 5) is 0. The van der Waals surface area contributed by atoms with Crippen LogP contribution in [0.25, 0.3) is 21.9 Å². The second-order valence-electron chi connectivity index (χ2n) is 12.3. The number of para-hydroxylation sites is 3. The van der Waals surface area contributed by atoms with Gasteiger partial charge in [0.1, 0.15) is 0 Å². The molecule has 233 valence electrons. The summed E-state index contributed by atoms with van der Waals surface area (Å²) < 4.78 is 1.99. The molecule has 6 aromatic rings. The van der Waals surface area contributed by atoms with E-state index in [4.69, 9.17) is 10.4 Å². The van der Waals surface area contributed by atoms with Crippen molar-refractivity contribution in [3.05, 3.63) is 181 Å². The molecule has 6 rings (SSSR count). The molecule has 0 saturated heterocycles. The number of aromatic nitrogens is 2. The Bertz CT molecular complexity index is 1690. The molecule has 0 aliphatic carbocycles. The molecule has 0 spiro atoms. The van der Waals surface area contributed by atoms with Crippen LogP contribution in [-0.4, -0.2) is 9.78 Å². The van der Waals surface area contributed by atoms with Crippen molar-refractivity contribution in [1.82, 2.24) is 9.78 Å². The van der Waals surface area contributed by atoms with Crippen molar-refractivity contribution in [3.8, 4) is 5.69 Å². The Morgan fingerprint density at radius 2 is 1.15 bits per heavy atom. The van der Waals surface area contributed by atoms with Gasteiger partial charge in [0.05, 0.1) is 11.2 Å². The smallest absolute Gasteiger partial charge is 0.674 e. The van der Waals surface area contributed by atoms with E-state index in [0.717, 1.165) is 39.1 Å². The molecule has 46 heavy (non-hydrogen) atoms. The second kappa shape index (κ2) is 17.1. The molecular formula is C42H45N3Zr-. The summed E-state index contributed by atoms with van der Waals surface area (Å²) in [5.74, 6) is 0.808. The van der Waals surface area contributed by atoms with Crippen LogP contribution in [0.3, 0.4) is 0 Å². The van der Waals surface area contributed by atoms with Gasteiger partial charge in [0.2, 0.25) is 0 Å². The van der Waals surface area contributed by atoms with Gasteiger partial charge in [-0.3, -0.25) is 4.68 Å². The van der Waals surface area contributed by atoms with Gasteiger partial charge < -0.3 is 5.32 Å². The Balaban J connectivity index is 0.000000315. The topological polar surface area (TPSA) is 31.9 Å². The fourth-order valence-electron chi connectivity index (χ4n) is 5.15. The molecule has 3 nitrogen and oxygen atoms in total. The molecule has 0 aliphatic heterocycles. The maximum atomic E-state index is 5.37. The molecule has 1 radical (unpaired) electrons. The maximum Gasteiger partial charge on any atom is 3.00 e. The summed E-state index contributed by atoms with van der Waals surface area (Å²) in [5.41, 5.74) is 8.34. The van der Waals surface area contributed by atoms with Crippen molar-refractivity contribution < 1.29 is 26.2 Å². The summed E-state index contributed by atoms with van der Waals surface area (Å²) in [6, 6.07) is 46.0. The summed E-state index contributed by atoms with van der Waals surface area (Å²) in [6.45, 7) is 20.7. The van der Waals surface area contributed by atoms with Gasteiger partial charge in [-0.1, -0.05) is 107 Å². The van der Waals surface area contributed by atoms with E-state index in [1.807, 2.05) is 89.6 Å². The van der Waals surface area contributed by atoms with Crippen LogP contribution in [0.15, 0.2) is 127 Å². The van der Waals surface area contributed by atoms with Crippen molar-refractivity contribution in [2.45, 2.75) is 58.9 Å². The van der Waals surface area contributed by atoms with E-state index in [-0.39, 0.29) is 26.2 Å². The quantitative estimate of drug-likeness (QED) is 0.161. The van der Waals surface area contributed by atoms with Gasteiger partial charge in [0, 0.05) is 5.39 Å². The van der Waals surface area contributed by atoms with Crippen molar-refractivity contribution in [3.63, 3.8) is 0 Å². The normalized spacial score (nSPS) is 10.8. The standard InChI is InChI=1S/C28H31N3.2C7H7.Zr/c1-19(2)22-16-12-17-23(20(3)4)26(22)29-28(5,6)27-24-15-10-11-18-25(24)31(30-27)21-13-8-7-9-14-21;2*1-7-5-3-2-4-6-7;/h7-13,15-20H,1-6H3;2*2-6H,1H2;/q-2;2*-1;+3. The third-order valence-corrected chi connectivity index (χ3v) is 7.51. The molecule has 0 atom stereocenters. The first-order valence-corrected chi connectivity index (χ1v) is 15.6. The average Bonchev–Trinajstić information content (AvgIpc) is 3.44. The van der Waals surface area contributed by atoms with Gasteiger partial charge in [0.15, 0.2) is 0 Å². The van der Waals surface area contributed by atoms with Gasteiger partial charge in [-0.25, -0.2) is 0 Å². The number of hydrogen-bond donors (Lipinski definition) is 0. The summed E-state index contributed by atoms with van der Waals surface area (Å²) in [6.07, 6.45) is 0. The Morgan fingerprint density at radius 1 is 0.652 bits per heavy atom. The number of benzene rings is 5. The molecule has 0 saturated carbocycles. The maximum absolute atomic E-state index is 5.37. The zero-order valence-electron chi connectivity index (χ0n) is 28.0. The Kier molecular flexibility index (Phi) is 13.5.